The minimum Gasteiger partial charge on any atom is -0.731 e. The number of β-lactam (4-membered cyclic amide) rings is 1. The van der Waals surface area contributed by atoms with Crippen LogP contribution in [0.25, 0.3) is 0 Å². The first kappa shape index (κ1) is 28.9. The molecule has 1 aliphatic rings. The molecule has 0 spiro atoms. The normalized spacial score (nSPS) is 18.0. The summed E-state index contributed by atoms with van der Waals surface area (Å²) in [6.07, 6.45) is -1.43. The SMILES string of the molecule is CC(C)(C)OC(=O)N(N)C(=O)[C@H]1[C@@H](C(=O)N(O)OCc2ccccc2)C(=O)N1S(=O)(=O)[O-].[Na+]. The number of hydroxylamine groups is 2. The van der Waals surface area contributed by atoms with Crippen LogP contribution in [0.2, 0.25) is 0 Å². The van der Waals surface area contributed by atoms with Crippen molar-refractivity contribution in [3.63, 3.8) is 0 Å². The monoisotopic (exact) mass is 496 g/mol. The number of ether oxygens (including phenoxy) is 1. The number of amides is 4. The van der Waals surface area contributed by atoms with Crippen LogP contribution >= 0.6 is 0 Å². The number of carbonyl (C=O) groups is 4. The minimum absolute atomic E-state index is 0. The summed E-state index contributed by atoms with van der Waals surface area (Å²) in [5.74, 6) is -1.60. The molecule has 1 fully saturated rings. The molecule has 0 aromatic heterocycles. The first-order chi connectivity index (χ1) is 14.6. The van der Waals surface area contributed by atoms with Crippen LogP contribution in [-0.4, -0.2) is 68.2 Å². The predicted octanol–water partition coefficient (Wildman–Crippen LogP) is -3.74. The molecule has 1 aromatic carbocycles. The standard InChI is InChI=1S/C17H22N4O10S.Na/c1-17(2,3)31-16(25)19(18)15(24)12-11(13(22)20(12)32(27,28)29)14(23)21(26)30-9-10-7-5-4-6-8-10;/h4-8,11-12,26H,9,18H2,1-3H3,(H,27,28,29);/q;+1/p-1/t11-,12-;/m1./s1. The largest absolute Gasteiger partial charge is 1.00 e. The molecule has 0 bridgehead atoms. The Bertz CT molecular complexity index is 1010. The van der Waals surface area contributed by atoms with Gasteiger partial charge in [-0.3, -0.25) is 19.6 Å². The minimum atomic E-state index is -5.57. The number of carbonyl (C=O) groups excluding carboxylic acids is 4. The second kappa shape index (κ2) is 10.9. The van der Waals surface area contributed by atoms with Gasteiger partial charge in [0.25, 0.3) is 17.7 Å². The first-order valence-electron chi connectivity index (χ1n) is 8.95. The van der Waals surface area contributed by atoms with Gasteiger partial charge in [0.1, 0.15) is 18.2 Å². The fourth-order valence-electron chi connectivity index (χ4n) is 2.63. The van der Waals surface area contributed by atoms with Gasteiger partial charge in [-0.15, -0.1) is 0 Å². The van der Waals surface area contributed by atoms with E-state index in [-0.39, 0.29) is 46.4 Å². The van der Waals surface area contributed by atoms with E-state index < -0.39 is 56.0 Å². The van der Waals surface area contributed by atoms with Crippen LogP contribution in [0, 0.1) is 5.92 Å². The Balaban J connectivity index is 0.00000544. The van der Waals surface area contributed by atoms with Crippen molar-refractivity contribution in [3.8, 4) is 0 Å². The van der Waals surface area contributed by atoms with Crippen LogP contribution < -0.4 is 35.4 Å². The predicted molar refractivity (Wildman–Crippen MR) is 101 cm³/mol. The summed E-state index contributed by atoms with van der Waals surface area (Å²) >= 11 is 0. The molecular weight excluding hydrogens is 475 g/mol. The second-order valence-corrected chi connectivity index (χ2v) is 8.82. The Labute approximate surface area is 211 Å². The molecule has 0 aliphatic carbocycles. The van der Waals surface area contributed by atoms with E-state index in [4.69, 9.17) is 15.4 Å². The van der Waals surface area contributed by atoms with Gasteiger partial charge in [-0.1, -0.05) is 35.6 Å². The Morgan fingerprint density at radius 2 is 1.73 bits per heavy atom. The van der Waals surface area contributed by atoms with Gasteiger partial charge in [-0.05, 0) is 26.3 Å². The first-order valence-corrected chi connectivity index (χ1v) is 10.3. The number of hydrazine groups is 1. The summed E-state index contributed by atoms with van der Waals surface area (Å²) in [6.45, 7) is 4.02. The summed E-state index contributed by atoms with van der Waals surface area (Å²) < 4.78 is 38.6. The fraction of sp³-hybridized carbons (Fsp3) is 0.412. The van der Waals surface area contributed by atoms with Crippen LogP contribution in [0.15, 0.2) is 30.3 Å². The van der Waals surface area contributed by atoms with E-state index in [1.165, 1.54) is 20.8 Å². The number of imide groups is 1. The van der Waals surface area contributed by atoms with E-state index in [0.29, 0.717) is 5.56 Å². The van der Waals surface area contributed by atoms with Gasteiger partial charge in [-0.25, -0.2) is 28.2 Å². The number of nitrogens with zero attached hydrogens (tertiary/aromatic N) is 3. The quantitative estimate of drug-likeness (QED) is 0.0573. The Kier molecular flexibility index (Phi) is 9.53. The zero-order chi connectivity index (χ0) is 24.4. The average molecular weight is 496 g/mol. The maximum atomic E-state index is 12.6. The van der Waals surface area contributed by atoms with Gasteiger partial charge in [0, 0.05) is 0 Å². The van der Waals surface area contributed by atoms with Crippen molar-refractivity contribution in [2.24, 2.45) is 11.8 Å². The summed E-state index contributed by atoms with van der Waals surface area (Å²) in [5.41, 5.74) is -0.578. The third-order valence-electron chi connectivity index (χ3n) is 4.02. The van der Waals surface area contributed by atoms with E-state index in [0.717, 1.165) is 0 Å². The van der Waals surface area contributed by atoms with Gasteiger partial charge in [0.2, 0.25) is 0 Å². The van der Waals surface area contributed by atoms with Gasteiger partial charge in [0.05, 0.1) is 0 Å². The molecular formula is C17H21N4NaO10S. The van der Waals surface area contributed by atoms with Crippen LogP contribution in [0.4, 0.5) is 4.79 Å². The molecule has 1 heterocycles. The van der Waals surface area contributed by atoms with Crippen LogP contribution in [0.3, 0.4) is 0 Å². The third-order valence-corrected chi connectivity index (χ3v) is 4.91. The molecule has 2 rings (SSSR count). The molecule has 1 saturated heterocycles. The summed E-state index contributed by atoms with van der Waals surface area (Å²) in [5, 5.41) is 9.30. The number of benzene rings is 1. The van der Waals surface area contributed by atoms with E-state index >= 15 is 0 Å². The number of hydrogen-bond acceptors (Lipinski definition) is 11. The van der Waals surface area contributed by atoms with Crippen molar-refractivity contribution >= 4 is 34.1 Å². The number of nitrogens with two attached hydrogens (primary N) is 1. The molecule has 0 radical (unpaired) electrons. The third kappa shape index (κ3) is 6.94. The van der Waals surface area contributed by atoms with Crippen molar-refractivity contribution < 1.29 is 76.5 Å². The summed E-state index contributed by atoms with van der Waals surface area (Å²) in [6, 6.07) is 5.86. The molecule has 2 atom stereocenters. The average Bonchev–Trinajstić information content (AvgIpc) is 2.67. The molecule has 14 nitrogen and oxygen atoms in total. The van der Waals surface area contributed by atoms with Gasteiger partial charge in [0.15, 0.2) is 16.2 Å². The Morgan fingerprint density at radius 3 is 2.21 bits per heavy atom. The van der Waals surface area contributed by atoms with E-state index in [1.807, 2.05) is 0 Å². The molecule has 1 aliphatic heterocycles. The Morgan fingerprint density at radius 1 is 1.18 bits per heavy atom. The van der Waals surface area contributed by atoms with E-state index in [2.05, 4.69) is 0 Å². The smallest absolute Gasteiger partial charge is 0.731 e. The zero-order valence-electron chi connectivity index (χ0n) is 18.2. The molecule has 0 unspecified atom stereocenters. The molecule has 16 heteroatoms. The van der Waals surface area contributed by atoms with Gasteiger partial charge in [-0.2, -0.15) is 5.01 Å². The van der Waals surface area contributed by atoms with E-state index in [1.54, 1.807) is 30.3 Å². The summed E-state index contributed by atoms with van der Waals surface area (Å²) in [4.78, 5) is 54.0. The Hall–Kier alpha value is -2.11. The molecule has 0 saturated carbocycles. The van der Waals surface area contributed by atoms with Crippen LogP contribution in [-0.2, 0) is 40.9 Å². The summed E-state index contributed by atoms with van der Waals surface area (Å²) in [7, 11) is -5.57. The maximum Gasteiger partial charge on any atom is 1.00 e. The molecule has 4 amide bonds. The fourth-order valence-corrected chi connectivity index (χ4v) is 3.46. The molecule has 176 valence electrons. The maximum absolute atomic E-state index is 12.6. The van der Waals surface area contributed by atoms with E-state index in [9.17, 15) is 37.4 Å². The number of hydrogen-bond donors (Lipinski definition) is 2. The molecule has 3 N–H and O–H groups in total. The molecule has 33 heavy (non-hydrogen) atoms. The van der Waals surface area contributed by atoms with Gasteiger partial charge < -0.3 is 9.29 Å². The zero-order valence-corrected chi connectivity index (χ0v) is 21.0. The second-order valence-electron chi connectivity index (χ2n) is 7.57. The van der Waals surface area contributed by atoms with Crippen LogP contribution in [0.1, 0.15) is 26.3 Å². The van der Waals surface area contributed by atoms with Gasteiger partial charge >= 0.3 is 35.7 Å². The van der Waals surface area contributed by atoms with Crippen molar-refractivity contribution in [2.75, 3.05) is 0 Å². The molecule has 1 aromatic rings. The van der Waals surface area contributed by atoms with Crippen molar-refractivity contribution in [1.82, 2.24) is 14.5 Å². The van der Waals surface area contributed by atoms with Crippen molar-refractivity contribution in [3.05, 3.63) is 35.9 Å². The van der Waals surface area contributed by atoms with Crippen LogP contribution in [0.5, 0.6) is 0 Å². The van der Waals surface area contributed by atoms with Crippen molar-refractivity contribution in [2.45, 2.75) is 39.0 Å². The van der Waals surface area contributed by atoms with Crippen molar-refractivity contribution in [1.29, 1.82) is 0 Å². The topological polar surface area (TPSA) is 200 Å². The number of rotatable bonds is 6.